The molecule has 1 aromatic carbocycles. The van der Waals surface area contributed by atoms with Gasteiger partial charge in [0.15, 0.2) is 0 Å². The maximum absolute atomic E-state index is 10.1. The van der Waals surface area contributed by atoms with E-state index < -0.39 is 36.3 Å². The van der Waals surface area contributed by atoms with Crippen LogP contribution in [0.1, 0.15) is 12.5 Å². The van der Waals surface area contributed by atoms with E-state index in [-0.39, 0.29) is 0 Å². The largest absolute Gasteiger partial charge is 0.509 e. The number of aliphatic hydroxyl groups excluding tert-OH is 5. The van der Waals surface area contributed by atoms with Crippen molar-refractivity contribution in [1.82, 2.24) is 0 Å². The van der Waals surface area contributed by atoms with E-state index in [0.29, 0.717) is 5.56 Å². The molecule has 112 valence electrons. The van der Waals surface area contributed by atoms with Gasteiger partial charge in [-0.25, -0.2) is 0 Å². The van der Waals surface area contributed by atoms with E-state index >= 15 is 0 Å². The Hall–Kier alpha value is -1.44. The minimum Gasteiger partial charge on any atom is -0.509 e. The molecule has 0 aliphatic carbocycles. The summed E-state index contributed by atoms with van der Waals surface area (Å²) in [5, 5.41) is 57.4. The van der Waals surface area contributed by atoms with Gasteiger partial charge in [0, 0.05) is 0 Å². The molecule has 0 fully saturated rings. The Morgan fingerprint density at radius 2 is 1.75 bits per heavy atom. The highest BCUT2D eigenvalue weighted by Crippen LogP contribution is 2.24. The van der Waals surface area contributed by atoms with Gasteiger partial charge in [-0.2, -0.15) is 0 Å². The lowest BCUT2D eigenvalue weighted by Gasteiger charge is -2.33. The number of hydrogen-bond donors (Lipinski definition) is 6. The van der Waals surface area contributed by atoms with Gasteiger partial charge in [-0.15, -0.1) is 0 Å². The van der Waals surface area contributed by atoms with E-state index in [1.54, 1.807) is 30.3 Å². The van der Waals surface area contributed by atoms with Crippen molar-refractivity contribution in [2.75, 3.05) is 6.61 Å². The predicted molar refractivity (Wildman–Crippen MR) is 72.8 cm³/mol. The number of aliphatic hydroxyl groups is 6. The minimum absolute atomic E-state index is 0.569. The van der Waals surface area contributed by atoms with Crippen LogP contribution in [0.4, 0.5) is 0 Å². The zero-order valence-corrected chi connectivity index (χ0v) is 11.1. The smallest absolute Gasteiger partial charge is 0.147 e. The van der Waals surface area contributed by atoms with Crippen LogP contribution < -0.4 is 0 Å². The summed E-state index contributed by atoms with van der Waals surface area (Å²) >= 11 is 0. The summed E-state index contributed by atoms with van der Waals surface area (Å²) in [6.07, 6.45) is -4.06. The standard InChI is InChI=1S/C14H20O6/c1-14(20,13(19)12(18)10(16)8-15)11(17)7-9-5-3-2-4-6-9/h2-7,10,12-13,15-20H,8H2,1H3. The van der Waals surface area contributed by atoms with Gasteiger partial charge < -0.3 is 30.6 Å². The lowest BCUT2D eigenvalue weighted by atomic mass is 9.89. The zero-order valence-electron chi connectivity index (χ0n) is 11.1. The molecule has 6 N–H and O–H groups in total. The molecule has 0 aliphatic heterocycles. The van der Waals surface area contributed by atoms with E-state index in [9.17, 15) is 25.5 Å². The fourth-order valence-corrected chi connectivity index (χ4v) is 1.66. The van der Waals surface area contributed by atoms with Crippen LogP contribution in [0, 0.1) is 0 Å². The topological polar surface area (TPSA) is 121 Å². The van der Waals surface area contributed by atoms with Crippen LogP contribution in [-0.2, 0) is 0 Å². The van der Waals surface area contributed by atoms with Gasteiger partial charge >= 0.3 is 0 Å². The lowest BCUT2D eigenvalue weighted by Crippen LogP contribution is -2.53. The van der Waals surface area contributed by atoms with Crippen molar-refractivity contribution >= 4 is 6.08 Å². The summed E-state index contributed by atoms with van der Waals surface area (Å²) in [7, 11) is 0. The molecule has 0 amide bonds. The first-order valence-corrected chi connectivity index (χ1v) is 6.14. The lowest BCUT2D eigenvalue weighted by molar-refractivity contribution is -0.147. The highest BCUT2D eigenvalue weighted by atomic mass is 16.4. The summed E-state index contributed by atoms with van der Waals surface area (Å²) in [4.78, 5) is 0. The Labute approximate surface area is 116 Å². The third kappa shape index (κ3) is 3.78. The van der Waals surface area contributed by atoms with Crippen LogP contribution in [-0.4, -0.2) is 61.2 Å². The van der Waals surface area contributed by atoms with Gasteiger partial charge in [0.25, 0.3) is 0 Å². The molecule has 1 rings (SSSR count). The van der Waals surface area contributed by atoms with Gasteiger partial charge in [0.1, 0.15) is 29.7 Å². The average Bonchev–Trinajstić information content (AvgIpc) is 2.45. The first-order chi connectivity index (χ1) is 9.30. The zero-order chi connectivity index (χ0) is 15.3. The fraction of sp³-hybridized carbons (Fsp3) is 0.429. The first-order valence-electron chi connectivity index (χ1n) is 6.14. The molecule has 0 aliphatic rings. The van der Waals surface area contributed by atoms with Crippen molar-refractivity contribution < 1.29 is 30.6 Å². The van der Waals surface area contributed by atoms with Crippen molar-refractivity contribution in [2.45, 2.75) is 30.8 Å². The van der Waals surface area contributed by atoms with E-state index in [2.05, 4.69) is 0 Å². The Bertz CT molecular complexity index is 442. The fourth-order valence-electron chi connectivity index (χ4n) is 1.66. The van der Waals surface area contributed by atoms with Crippen LogP contribution in [0.3, 0.4) is 0 Å². The van der Waals surface area contributed by atoms with Crippen molar-refractivity contribution in [1.29, 1.82) is 0 Å². The van der Waals surface area contributed by atoms with Gasteiger partial charge in [-0.05, 0) is 18.6 Å². The van der Waals surface area contributed by atoms with Crippen LogP contribution >= 0.6 is 0 Å². The predicted octanol–water partition coefficient (Wildman–Crippen LogP) is -0.589. The SMILES string of the molecule is CC(O)(C(O)=Cc1ccccc1)C(O)C(O)C(O)CO. The molecule has 4 atom stereocenters. The maximum atomic E-state index is 10.1. The molecule has 1 aromatic rings. The summed E-state index contributed by atoms with van der Waals surface area (Å²) in [6.45, 7) is 0.317. The van der Waals surface area contributed by atoms with Crippen molar-refractivity contribution in [2.24, 2.45) is 0 Å². The van der Waals surface area contributed by atoms with Gasteiger partial charge in [-0.1, -0.05) is 30.3 Å². The normalized spacial score (nSPS) is 20.0. The second kappa shape index (κ2) is 6.83. The highest BCUT2D eigenvalue weighted by Gasteiger charge is 2.41. The number of benzene rings is 1. The van der Waals surface area contributed by atoms with Crippen molar-refractivity contribution in [3.63, 3.8) is 0 Å². The van der Waals surface area contributed by atoms with E-state index in [1.165, 1.54) is 6.08 Å². The van der Waals surface area contributed by atoms with Crippen molar-refractivity contribution in [3.05, 3.63) is 41.7 Å². The molecule has 0 aromatic heterocycles. The molecule has 6 nitrogen and oxygen atoms in total. The molecule has 4 unspecified atom stereocenters. The van der Waals surface area contributed by atoms with E-state index in [1.807, 2.05) is 0 Å². The quantitative estimate of drug-likeness (QED) is 0.388. The first kappa shape index (κ1) is 16.6. The Morgan fingerprint density at radius 1 is 1.20 bits per heavy atom. The maximum Gasteiger partial charge on any atom is 0.147 e. The van der Waals surface area contributed by atoms with E-state index in [0.717, 1.165) is 6.92 Å². The molecular formula is C14H20O6. The molecule has 0 saturated heterocycles. The molecule has 0 spiro atoms. The van der Waals surface area contributed by atoms with Crippen LogP contribution in [0.25, 0.3) is 6.08 Å². The molecule has 0 radical (unpaired) electrons. The third-order valence-electron chi connectivity index (χ3n) is 3.10. The highest BCUT2D eigenvalue weighted by molar-refractivity contribution is 5.52. The number of rotatable bonds is 6. The summed E-state index contributed by atoms with van der Waals surface area (Å²) in [6, 6.07) is 8.60. The van der Waals surface area contributed by atoms with Crippen LogP contribution in [0.5, 0.6) is 0 Å². The Morgan fingerprint density at radius 3 is 2.25 bits per heavy atom. The second-order valence-electron chi connectivity index (χ2n) is 4.77. The summed E-state index contributed by atoms with van der Waals surface area (Å²) < 4.78 is 0. The third-order valence-corrected chi connectivity index (χ3v) is 3.10. The van der Waals surface area contributed by atoms with Gasteiger partial charge in [-0.3, -0.25) is 0 Å². The molecule has 0 bridgehead atoms. The van der Waals surface area contributed by atoms with E-state index in [4.69, 9.17) is 5.11 Å². The minimum atomic E-state index is -2.18. The Balaban J connectivity index is 2.94. The summed E-state index contributed by atoms with van der Waals surface area (Å²) in [5.74, 6) is -0.569. The average molecular weight is 284 g/mol. The molecule has 0 saturated carbocycles. The monoisotopic (exact) mass is 284 g/mol. The number of hydrogen-bond acceptors (Lipinski definition) is 6. The van der Waals surface area contributed by atoms with Gasteiger partial charge in [0.2, 0.25) is 0 Å². The van der Waals surface area contributed by atoms with Crippen LogP contribution in [0.15, 0.2) is 36.1 Å². The van der Waals surface area contributed by atoms with Crippen LogP contribution in [0.2, 0.25) is 0 Å². The van der Waals surface area contributed by atoms with Crippen molar-refractivity contribution in [3.8, 4) is 0 Å². The molecular weight excluding hydrogens is 264 g/mol. The second-order valence-corrected chi connectivity index (χ2v) is 4.77. The molecule has 6 heteroatoms. The summed E-state index contributed by atoms with van der Waals surface area (Å²) in [5.41, 5.74) is -1.58. The van der Waals surface area contributed by atoms with Gasteiger partial charge in [0.05, 0.1) is 6.61 Å². The molecule has 20 heavy (non-hydrogen) atoms. The Kier molecular flexibility index (Phi) is 5.67. The molecule has 0 heterocycles.